The third-order valence-electron chi connectivity index (χ3n) is 4.78. The first-order valence-corrected chi connectivity index (χ1v) is 9.99. The molecule has 3 rings (SSSR count). The van der Waals surface area contributed by atoms with Gasteiger partial charge < -0.3 is 4.98 Å². The summed E-state index contributed by atoms with van der Waals surface area (Å²) in [5.41, 5.74) is 3.57. The Morgan fingerprint density at radius 1 is 1.19 bits per heavy atom. The van der Waals surface area contributed by atoms with Crippen molar-refractivity contribution in [1.29, 1.82) is 5.26 Å². The van der Waals surface area contributed by atoms with Gasteiger partial charge in [0, 0.05) is 11.6 Å². The van der Waals surface area contributed by atoms with E-state index >= 15 is 0 Å². The Bertz CT molecular complexity index is 1090. The molecule has 0 saturated carbocycles. The minimum Gasteiger partial charge on any atom is -0.358 e. The van der Waals surface area contributed by atoms with Crippen LogP contribution < -0.4 is 4.72 Å². The van der Waals surface area contributed by atoms with Gasteiger partial charge in [-0.2, -0.15) is 5.26 Å². The molecule has 0 amide bonds. The van der Waals surface area contributed by atoms with E-state index in [0.717, 1.165) is 22.9 Å². The minimum absolute atomic E-state index is 0.213. The Morgan fingerprint density at radius 2 is 1.88 bits per heavy atom. The van der Waals surface area contributed by atoms with E-state index in [1.165, 1.54) is 0 Å². The highest BCUT2D eigenvalue weighted by atomic mass is 32.2. The predicted molar refractivity (Wildman–Crippen MR) is 104 cm³/mol. The number of rotatable bonds is 5. The molecule has 26 heavy (non-hydrogen) atoms. The van der Waals surface area contributed by atoms with E-state index in [1.807, 2.05) is 19.1 Å². The number of sulfonamides is 1. The number of benzene rings is 2. The van der Waals surface area contributed by atoms with Crippen molar-refractivity contribution >= 4 is 26.6 Å². The maximum atomic E-state index is 12.8. The molecule has 0 aliphatic rings. The van der Waals surface area contributed by atoms with E-state index in [-0.39, 0.29) is 4.90 Å². The Balaban J connectivity index is 1.98. The summed E-state index contributed by atoms with van der Waals surface area (Å²) in [7, 11) is -3.72. The molecule has 0 fully saturated rings. The molecule has 0 saturated heterocycles. The molecule has 1 heterocycles. The molecule has 0 spiro atoms. The summed E-state index contributed by atoms with van der Waals surface area (Å²) in [6.07, 6.45) is 2.59. The molecular weight excluding hydrogens is 346 g/mol. The molecule has 2 N–H and O–H groups in total. The van der Waals surface area contributed by atoms with Crippen LogP contribution in [0.1, 0.15) is 42.9 Å². The number of aromatic nitrogens is 1. The largest absolute Gasteiger partial charge is 0.358 e. The maximum Gasteiger partial charge on any atom is 0.261 e. The molecular formula is C20H21N3O2S. The van der Waals surface area contributed by atoms with Gasteiger partial charge in [-0.05, 0) is 48.6 Å². The first kappa shape index (κ1) is 18.0. The molecule has 3 aromatic rings. The number of H-pyrrole nitrogens is 1. The van der Waals surface area contributed by atoms with Crippen molar-refractivity contribution in [3.63, 3.8) is 0 Å². The Labute approximate surface area is 153 Å². The van der Waals surface area contributed by atoms with Gasteiger partial charge >= 0.3 is 0 Å². The van der Waals surface area contributed by atoms with Crippen LogP contribution in [-0.4, -0.2) is 13.4 Å². The summed E-state index contributed by atoms with van der Waals surface area (Å²) >= 11 is 0. The third-order valence-corrected chi connectivity index (χ3v) is 6.16. The molecule has 1 unspecified atom stereocenters. The molecule has 5 nitrogen and oxygen atoms in total. The fourth-order valence-corrected chi connectivity index (χ4v) is 4.08. The highest BCUT2D eigenvalue weighted by Gasteiger charge is 2.18. The SMILES string of the molecule is CCC(C)c1ccc(S(=O)(=O)Nc2ccc(C)c3c(C#N)c[nH]c23)cc1. The summed E-state index contributed by atoms with van der Waals surface area (Å²) in [5, 5.41) is 9.97. The second kappa shape index (κ2) is 6.85. The molecule has 0 aliphatic carbocycles. The average molecular weight is 367 g/mol. The summed E-state index contributed by atoms with van der Waals surface area (Å²) in [6, 6.07) is 12.6. The number of anilines is 1. The van der Waals surface area contributed by atoms with E-state index in [2.05, 4.69) is 29.6 Å². The third kappa shape index (κ3) is 3.18. The number of nitrogens with zero attached hydrogens (tertiary/aromatic N) is 1. The second-order valence-electron chi connectivity index (χ2n) is 6.48. The van der Waals surface area contributed by atoms with Gasteiger partial charge in [0.15, 0.2) is 0 Å². The molecule has 0 aliphatic heterocycles. The predicted octanol–water partition coefficient (Wildman–Crippen LogP) is 4.66. The Morgan fingerprint density at radius 3 is 2.50 bits per heavy atom. The van der Waals surface area contributed by atoms with E-state index in [4.69, 9.17) is 0 Å². The van der Waals surface area contributed by atoms with Crippen molar-refractivity contribution < 1.29 is 8.42 Å². The van der Waals surface area contributed by atoms with Gasteiger partial charge in [0.25, 0.3) is 10.0 Å². The number of aromatic amines is 1. The molecule has 0 radical (unpaired) electrons. The van der Waals surface area contributed by atoms with Crippen molar-refractivity contribution in [3.05, 3.63) is 59.3 Å². The number of fused-ring (bicyclic) bond motifs is 1. The first-order valence-electron chi connectivity index (χ1n) is 8.51. The van der Waals surface area contributed by atoms with Gasteiger partial charge in [0.2, 0.25) is 0 Å². The van der Waals surface area contributed by atoms with Crippen LogP contribution in [0.3, 0.4) is 0 Å². The van der Waals surface area contributed by atoms with E-state index in [9.17, 15) is 13.7 Å². The molecule has 2 aromatic carbocycles. The van der Waals surface area contributed by atoms with Gasteiger partial charge in [0.05, 0.1) is 21.7 Å². The summed E-state index contributed by atoms with van der Waals surface area (Å²) in [6.45, 7) is 6.11. The zero-order valence-corrected chi connectivity index (χ0v) is 15.8. The van der Waals surface area contributed by atoms with Gasteiger partial charge in [0.1, 0.15) is 6.07 Å². The second-order valence-corrected chi connectivity index (χ2v) is 8.16. The van der Waals surface area contributed by atoms with Crippen LogP contribution in [0.15, 0.2) is 47.5 Å². The Kier molecular flexibility index (Phi) is 4.75. The van der Waals surface area contributed by atoms with Crippen LogP contribution >= 0.6 is 0 Å². The zero-order valence-electron chi connectivity index (χ0n) is 15.0. The smallest absolute Gasteiger partial charge is 0.261 e. The number of hydrogen-bond acceptors (Lipinski definition) is 3. The fourth-order valence-electron chi connectivity index (χ4n) is 3.01. The number of aryl methyl sites for hydroxylation is 1. The lowest BCUT2D eigenvalue weighted by Crippen LogP contribution is -2.13. The number of hydrogen-bond donors (Lipinski definition) is 2. The molecule has 134 valence electrons. The van der Waals surface area contributed by atoms with Crippen molar-refractivity contribution in [2.75, 3.05) is 4.72 Å². The lowest BCUT2D eigenvalue weighted by Gasteiger charge is -2.12. The van der Waals surface area contributed by atoms with E-state index in [0.29, 0.717) is 22.7 Å². The Hall–Kier alpha value is -2.78. The van der Waals surface area contributed by atoms with Crippen LogP contribution in [0.25, 0.3) is 10.9 Å². The highest BCUT2D eigenvalue weighted by molar-refractivity contribution is 7.92. The minimum atomic E-state index is -3.72. The van der Waals surface area contributed by atoms with Crippen LogP contribution in [-0.2, 0) is 10.0 Å². The highest BCUT2D eigenvalue weighted by Crippen LogP contribution is 2.30. The van der Waals surface area contributed by atoms with Gasteiger partial charge in [-0.25, -0.2) is 8.42 Å². The number of nitrogens with one attached hydrogen (secondary N) is 2. The molecule has 0 bridgehead atoms. The van der Waals surface area contributed by atoms with E-state index < -0.39 is 10.0 Å². The monoisotopic (exact) mass is 367 g/mol. The maximum absolute atomic E-state index is 12.8. The van der Waals surface area contributed by atoms with Crippen molar-refractivity contribution in [2.24, 2.45) is 0 Å². The van der Waals surface area contributed by atoms with Gasteiger partial charge in [-0.1, -0.05) is 32.0 Å². The van der Waals surface area contributed by atoms with Crippen LogP contribution in [0.5, 0.6) is 0 Å². The molecule has 1 atom stereocenters. The number of nitriles is 1. The lowest BCUT2D eigenvalue weighted by atomic mass is 9.99. The molecule has 1 aromatic heterocycles. The lowest BCUT2D eigenvalue weighted by molar-refractivity contribution is 0.601. The summed E-state index contributed by atoms with van der Waals surface area (Å²) in [5.74, 6) is 0.389. The van der Waals surface area contributed by atoms with Crippen molar-refractivity contribution in [2.45, 2.75) is 38.0 Å². The van der Waals surface area contributed by atoms with Gasteiger partial charge in [-0.15, -0.1) is 0 Å². The normalized spacial score (nSPS) is 12.7. The average Bonchev–Trinajstić information content (AvgIpc) is 3.09. The summed E-state index contributed by atoms with van der Waals surface area (Å²) < 4.78 is 28.2. The van der Waals surface area contributed by atoms with Crippen LogP contribution in [0.2, 0.25) is 0 Å². The van der Waals surface area contributed by atoms with Crippen LogP contribution in [0, 0.1) is 18.3 Å². The summed E-state index contributed by atoms with van der Waals surface area (Å²) in [4.78, 5) is 3.22. The van der Waals surface area contributed by atoms with Crippen LogP contribution in [0.4, 0.5) is 5.69 Å². The first-order chi connectivity index (χ1) is 12.4. The fraction of sp³-hybridized carbons (Fsp3) is 0.250. The van der Waals surface area contributed by atoms with Gasteiger partial charge in [-0.3, -0.25) is 4.72 Å². The van der Waals surface area contributed by atoms with Crippen molar-refractivity contribution in [3.8, 4) is 6.07 Å². The molecule has 6 heteroatoms. The zero-order chi connectivity index (χ0) is 18.9. The topological polar surface area (TPSA) is 85.8 Å². The quantitative estimate of drug-likeness (QED) is 0.687. The van der Waals surface area contributed by atoms with E-state index in [1.54, 1.807) is 30.5 Å². The standard InChI is InChI=1S/C20H21N3O2S/c1-4-13(2)15-6-8-17(9-7-15)26(24,25)23-18-10-5-14(3)19-16(11-21)12-22-20(18)19/h5-10,12-13,22-23H,4H2,1-3H3. The van der Waals surface area contributed by atoms with Crippen molar-refractivity contribution in [1.82, 2.24) is 4.98 Å².